The average molecular weight is 624 g/mol. The largest absolute Gasteiger partial charge is 0.396 e. The van der Waals surface area contributed by atoms with Crippen LogP contribution in [0.3, 0.4) is 0 Å². The monoisotopic (exact) mass is 623 g/mol. The fourth-order valence-corrected chi connectivity index (χ4v) is 10.8. The van der Waals surface area contributed by atoms with Gasteiger partial charge >= 0.3 is 0 Å². The molecule has 2 unspecified atom stereocenters. The molecule has 0 saturated carbocycles. The summed E-state index contributed by atoms with van der Waals surface area (Å²) in [5.74, 6) is -1.31. The van der Waals surface area contributed by atoms with Gasteiger partial charge in [-0.3, -0.25) is 14.4 Å². The van der Waals surface area contributed by atoms with Gasteiger partial charge in [0.05, 0.1) is 16.6 Å². The Labute approximate surface area is 269 Å². The first-order chi connectivity index (χ1) is 20.7. The summed E-state index contributed by atoms with van der Waals surface area (Å²) < 4.78 is -1.14. The molecule has 242 valence electrons. The maximum Gasteiger partial charge on any atom is 0.247 e. The normalized spacial score (nSPS) is 27.8. The second-order valence-corrected chi connectivity index (χ2v) is 16.9. The highest BCUT2D eigenvalue weighted by molar-refractivity contribution is 8.02. The van der Waals surface area contributed by atoms with E-state index < -0.39 is 32.9 Å². The molecule has 2 bridgehead atoms. The molecule has 0 radical (unpaired) electrons. The first kappa shape index (κ1) is 34.3. The van der Waals surface area contributed by atoms with Crippen molar-refractivity contribution in [1.82, 2.24) is 14.7 Å². The van der Waals surface area contributed by atoms with Crippen molar-refractivity contribution >= 4 is 29.5 Å². The molecule has 7 nitrogen and oxygen atoms in total. The van der Waals surface area contributed by atoms with Crippen LogP contribution in [0.4, 0.5) is 0 Å². The zero-order valence-electron chi connectivity index (χ0n) is 27.7. The van der Waals surface area contributed by atoms with Gasteiger partial charge in [0, 0.05) is 43.1 Å². The molecule has 0 aliphatic carbocycles. The Morgan fingerprint density at radius 2 is 1.70 bits per heavy atom. The molecule has 0 aromatic heterocycles. The molecule has 3 amide bonds. The van der Waals surface area contributed by atoms with Gasteiger partial charge < -0.3 is 19.8 Å². The fourth-order valence-electron chi connectivity index (χ4n) is 8.41. The molecule has 5 atom stereocenters. The van der Waals surface area contributed by atoms with Crippen LogP contribution in [0.1, 0.15) is 79.2 Å². The lowest BCUT2D eigenvalue weighted by Crippen LogP contribution is -2.60. The number of nitrogens with zero attached hydrogens (tertiary/aromatic N) is 3. The summed E-state index contributed by atoms with van der Waals surface area (Å²) in [5.41, 5.74) is 0.528. The topological polar surface area (TPSA) is 81.2 Å². The maximum absolute atomic E-state index is 15.0. The van der Waals surface area contributed by atoms with Gasteiger partial charge in [0.25, 0.3) is 0 Å². The van der Waals surface area contributed by atoms with Crippen LogP contribution < -0.4 is 0 Å². The SMILES string of the molecule is C=CCN(Cc1ccccc1)C(=O)[C@@H]1[C@H]2C(=O)N(CCCCO)C(C(=O)N(CC=C)C(C)(C)CC(C)(C)C)C23CC[C@@]1(C)S3. The van der Waals surface area contributed by atoms with Crippen LogP contribution in [-0.2, 0) is 20.9 Å². The Kier molecular flexibility index (Phi) is 10.2. The standard InChI is InChI=1S/C36H53N3O4S/c1-9-20-37(24-26-16-12-11-13-17-26)30(41)27-28-31(42)38(22-14-15-23-40)29(36(28)19-18-35(27,8)44-36)32(43)39(21-10-2)34(6,7)25-33(3,4)5/h9-13,16-17,27-29,40H,1-2,14-15,18-25H2,3-8H3/t27-,28-,29?,35+,36?/m0/s1. The molecule has 1 aromatic rings. The highest BCUT2D eigenvalue weighted by Crippen LogP contribution is 2.71. The molecule has 44 heavy (non-hydrogen) atoms. The van der Waals surface area contributed by atoms with Gasteiger partial charge in [-0.1, -0.05) is 63.3 Å². The van der Waals surface area contributed by atoms with Crippen molar-refractivity contribution in [2.75, 3.05) is 26.2 Å². The molecule has 1 spiro atoms. The lowest BCUT2D eigenvalue weighted by molar-refractivity contribution is -0.147. The molecule has 3 saturated heterocycles. The van der Waals surface area contributed by atoms with Crippen LogP contribution in [0.25, 0.3) is 0 Å². The molecular formula is C36H53N3O4S. The second kappa shape index (κ2) is 13.0. The number of thioether (sulfide) groups is 1. The van der Waals surface area contributed by atoms with E-state index in [-0.39, 0.29) is 29.7 Å². The van der Waals surface area contributed by atoms with E-state index in [0.29, 0.717) is 45.4 Å². The number of benzene rings is 1. The predicted molar refractivity (Wildman–Crippen MR) is 179 cm³/mol. The van der Waals surface area contributed by atoms with Crippen molar-refractivity contribution in [2.24, 2.45) is 17.3 Å². The number of unbranched alkanes of at least 4 members (excludes halogenated alkanes) is 1. The number of carbonyl (C=O) groups is 3. The van der Waals surface area contributed by atoms with Gasteiger partial charge in [0.15, 0.2) is 0 Å². The molecule has 3 aliphatic heterocycles. The second-order valence-electron chi connectivity index (χ2n) is 15.0. The van der Waals surface area contributed by atoms with Crippen molar-refractivity contribution in [3.05, 3.63) is 61.2 Å². The summed E-state index contributed by atoms with van der Waals surface area (Å²) in [6.45, 7) is 22.4. The predicted octanol–water partition coefficient (Wildman–Crippen LogP) is 5.68. The summed E-state index contributed by atoms with van der Waals surface area (Å²) in [6, 6.07) is 9.23. The minimum atomic E-state index is -0.688. The lowest BCUT2D eigenvalue weighted by atomic mass is 9.66. The first-order valence-electron chi connectivity index (χ1n) is 16.1. The van der Waals surface area contributed by atoms with E-state index in [2.05, 4.69) is 54.7 Å². The number of likely N-dealkylation sites (tertiary alicyclic amines) is 1. The number of hydrogen-bond donors (Lipinski definition) is 1. The number of fused-ring (bicyclic) bond motifs is 1. The van der Waals surface area contributed by atoms with E-state index in [1.165, 1.54) is 0 Å². The molecule has 1 aromatic carbocycles. The number of hydrogen-bond acceptors (Lipinski definition) is 5. The molecule has 1 N–H and O–H groups in total. The van der Waals surface area contributed by atoms with E-state index in [0.717, 1.165) is 18.4 Å². The number of rotatable bonds is 14. The zero-order chi connectivity index (χ0) is 32.5. The van der Waals surface area contributed by atoms with E-state index in [1.54, 1.807) is 28.8 Å². The quantitative estimate of drug-likeness (QED) is 0.213. The summed E-state index contributed by atoms with van der Waals surface area (Å²) in [4.78, 5) is 49.6. The Morgan fingerprint density at radius 1 is 1.05 bits per heavy atom. The third-order valence-corrected chi connectivity index (χ3v) is 11.7. The average Bonchev–Trinajstić information content (AvgIpc) is 3.51. The molecule has 3 fully saturated rings. The minimum absolute atomic E-state index is 0.0186. The summed E-state index contributed by atoms with van der Waals surface area (Å²) in [6.07, 6.45) is 6.92. The Balaban J connectivity index is 1.77. The van der Waals surface area contributed by atoms with Gasteiger partial charge in [0.1, 0.15) is 6.04 Å². The van der Waals surface area contributed by atoms with Gasteiger partial charge in [0.2, 0.25) is 17.7 Å². The van der Waals surface area contributed by atoms with E-state index in [4.69, 9.17) is 0 Å². The number of aliphatic hydroxyl groups is 1. The van der Waals surface area contributed by atoms with Crippen LogP contribution in [0.5, 0.6) is 0 Å². The fraction of sp³-hybridized carbons (Fsp3) is 0.639. The lowest BCUT2D eigenvalue weighted by Gasteiger charge is -2.46. The third kappa shape index (κ3) is 6.39. The summed E-state index contributed by atoms with van der Waals surface area (Å²) in [5, 5.41) is 9.55. The number of carbonyl (C=O) groups excluding carboxylic acids is 3. The molecular weight excluding hydrogens is 570 g/mol. The third-order valence-electron chi connectivity index (χ3n) is 9.73. The van der Waals surface area contributed by atoms with E-state index >= 15 is 0 Å². The smallest absolute Gasteiger partial charge is 0.247 e. The van der Waals surface area contributed by atoms with Crippen molar-refractivity contribution in [1.29, 1.82) is 0 Å². The summed E-state index contributed by atoms with van der Waals surface area (Å²) in [7, 11) is 0. The number of aliphatic hydroxyl groups excluding tert-OH is 1. The van der Waals surface area contributed by atoms with Crippen LogP contribution in [0, 0.1) is 17.3 Å². The van der Waals surface area contributed by atoms with Gasteiger partial charge in [-0.25, -0.2) is 0 Å². The zero-order valence-corrected chi connectivity index (χ0v) is 28.5. The molecule has 8 heteroatoms. The van der Waals surface area contributed by atoms with Crippen LogP contribution in [-0.4, -0.2) is 84.8 Å². The van der Waals surface area contributed by atoms with Crippen molar-refractivity contribution in [3.8, 4) is 0 Å². The van der Waals surface area contributed by atoms with E-state index in [1.807, 2.05) is 40.1 Å². The summed E-state index contributed by atoms with van der Waals surface area (Å²) >= 11 is 1.71. The van der Waals surface area contributed by atoms with Gasteiger partial charge in [-0.15, -0.1) is 24.9 Å². The highest BCUT2D eigenvalue weighted by atomic mass is 32.2. The Morgan fingerprint density at radius 3 is 2.30 bits per heavy atom. The Hall–Kier alpha value is -2.58. The van der Waals surface area contributed by atoms with Crippen molar-refractivity contribution < 1.29 is 19.5 Å². The number of amides is 3. The van der Waals surface area contributed by atoms with E-state index in [9.17, 15) is 19.5 Å². The maximum atomic E-state index is 15.0. The van der Waals surface area contributed by atoms with Crippen molar-refractivity contribution in [3.63, 3.8) is 0 Å². The van der Waals surface area contributed by atoms with Crippen molar-refractivity contribution in [2.45, 2.75) is 101 Å². The van der Waals surface area contributed by atoms with Gasteiger partial charge in [-0.05, 0) is 63.9 Å². The molecule has 3 aliphatic rings. The van der Waals surface area contributed by atoms with Crippen LogP contribution in [0.2, 0.25) is 0 Å². The van der Waals surface area contributed by atoms with Crippen LogP contribution in [0.15, 0.2) is 55.6 Å². The highest BCUT2D eigenvalue weighted by Gasteiger charge is 2.77. The molecule has 3 heterocycles. The molecule has 4 rings (SSSR count). The first-order valence-corrected chi connectivity index (χ1v) is 16.9. The van der Waals surface area contributed by atoms with Crippen LogP contribution >= 0.6 is 11.8 Å². The van der Waals surface area contributed by atoms with Gasteiger partial charge in [-0.2, -0.15) is 0 Å². The Bertz CT molecular complexity index is 1240. The minimum Gasteiger partial charge on any atom is -0.396 e.